The lowest BCUT2D eigenvalue weighted by molar-refractivity contribution is -0.116. The van der Waals surface area contributed by atoms with Crippen molar-refractivity contribution in [1.29, 1.82) is 5.26 Å². The van der Waals surface area contributed by atoms with E-state index < -0.39 is 0 Å². The number of carbonyl (C=O) groups is 1. The number of nitrogens with one attached hydrogen (secondary N) is 1. The Balaban J connectivity index is 1.52. The molecule has 28 heavy (non-hydrogen) atoms. The topological polar surface area (TPSA) is 67.0 Å². The summed E-state index contributed by atoms with van der Waals surface area (Å²) in [5.74, 6) is 1.35. The first kappa shape index (κ1) is 18.6. The number of aromatic nitrogens is 1. The van der Waals surface area contributed by atoms with E-state index in [-0.39, 0.29) is 12.5 Å². The predicted molar refractivity (Wildman–Crippen MR) is 112 cm³/mol. The Morgan fingerprint density at radius 3 is 3.07 bits per heavy atom. The van der Waals surface area contributed by atoms with E-state index >= 15 is 0 Å². The van der Waals surface area contributed by atoms with E-state index in [1.165, 1.54) is 4.88 Å². The van der Waals surface area contributed by atoms with Crippen LogP contribution >= 0.6 is 11.3 Å². The second kappa shape index (κ2) is 7.69. The molecule has 1 amide bonds. The van der Waals surface area contributed by atoms with E-state index in [2.05, 4.69) is 18.3 Å². The van der Waals surface area contributed by atoms with Crippen molar-refractivity contribution in [3.63, 3.8) is 0 Å². The highest BCUT2D eigenvalue weighted by Gasteiger charge is 2.24. The second-order valence-corrected chi connectivity index (χ2v) is 8.42. The van der Waals surface area contributed by atoms with Crippen LogP contribution in [0.25, 0.3) is 10.9 Å². The van der Waals surface area contributed by atoms with Gasteiger partial charge in [0.2, 0.25) is 5.91 Å². The molecule has 3 aromatic rings. The molecule has 5 nitrogen and oxygen atoms in total. The lowest BCUT2D eigenvalue weighted by Crippen LogP contribution is -2.18. The Morgan fingerprint density at radius 2 is 2.29 bits per heavy atom. The van der Waals surface area contributed by atoms with Crippen molar-refractivity contribution in [3.05, 3.63) is 46.5 Å². The van der Waals surface area contributed by atoms with Crippen LogP contribution in [-0.4, -0.2) is 17.1 Å². The first-order valence-electron chi connectivity index (χ1n) is 9.65. The second-order valence-electron chi connectivity index (χ2n) is 7.31. The summed E-state index contributed by atoms with van der Waals surface area (Å²) < 4.78 is 7.46. The van der Waals surface area contributed by atoms with Gasteiger partial charge in [-0.25, -0.2) is 0 Å². The molecule has 1 unspecified atom stereocenters. The molecular weight excluding hydrogens is 370 g/mol. The van der Waals surface area contributed by atoms with Crippen LogP contribution in [0.4, 0.5) is 5.00 Å². The maximum atomic E-state index is 12.7. The SMILES string of the molecule is CCOc1ccc2c(ccn2CC(=O)Nc2sc3c(c2C#N)CCC(C)C3)c1. The molecule has 1 aliphatic rings. The zero-order valence-corrected chi connectivity index (χ0v) is 16.9. The summed E-state index contributed by atoms with van der Waals surface area (Å²) in [5, 5.41) is 14.3. The summed E-state index contributed by atoms with van der Waals surface area (Å²) in [6.07, 6.45) is 4.93. The van der Waals surface area contributed by atoms with E-state index in [9.17, 15) is 10.1 Å². The Bertz CT molecular complexity index is 1070. The molecule has 1 N–H and O–H groups in total. The van der Waals surface area contributed by atoms with Crippen molar-refractivity contribution in [2.75, 3.05) is 11.9 Å². The van der Waals surface area contributed by atoms with E-state index in [0.717, 1.165) is 41.5 Å². The van der Waals surface area contributed by atoms with E-state index in [1.807, 2.05) is 42.0 Å². The average molecular weight is 394 g/mol. The zero-order chi connectivity index (χ0) is 19.7. The summed E-state index contributed by atoms with van der Waals surface area (Å²) in [6.45, 7) is 5.03. The molecule has 0 saturated heterocycles. The molecule has 4 rings (SSSR count). The van der Waals surface area contributed by atoms with Crippen LogP contribution < -0.4 is 10.1 Å². The number of nitrogens with zero attached hydrogens (tertiary/aromatic N) is 2. The molecule has 1 aromatic carbocycles. The fourth-order valence-electron chi connectivity index (χ4n) is 3.85. The lowest BCUT2D eigenvalue weighted by Gasteiger charge is -2.17. The highest BCUT2D eigenvalue weighted by molar-refractivity contribution is 7.16. The monoisotopic (exact) mass is 393 g/mol. The molecule has 6 heteroatoms. The van der Waals surface area contributed by atoms with Gasteiger partial charge in [0, 0.05) is 22.0 Å². The zero-order valence-electron chi connectivity index (χ0n) is 16.1. The Kier molecular flexibility index (Phi) is 5.10. The van der Waals surface area contributed by atoms with Gasteiger partial charge in [0.15, 0.2) is 0 Å². The third-order valence-electron chi connectivity index (χ3n) is 5.24. The number of hydrogen-bond acceptors (Lipinski definition) is 4. The maximum absolute atomic E-state index is 12.7. The number of rotatable bonds is 5. The smallest absolute Gasteiger partial charge is 0.244 e. The molecule has 2 heterocycles. The van der Waals surface area contributed by atoms with Crippen LogP contribution in [0.5, 0.6) is 5.75 Å². The van der Waals surface area contributed by atoms with Gasteiger partial charge < -0.3 is 14.6 Å². The van der Waals surface area contributed by atoms with Gasteiger partial charge in [-0.3, -0.25) is 4.79 Å². The largest absolute Gasteiger partial charge is 0.494 e. The third kappa shape index (κ3) is 3.50. The summed E-state index contributed by atoms with van der Waals surface area (Å²) in [7, 11) is 0. The number of nitriles is 1. The van der Waals surface area contributed by atoms with Crippen molar-refractivity contribution in [2.24, 2.45) is 5.92 Å². The molecule has 144 valence electrons. The van der Waals surface area contributed by atoms with Crippen molar-refractivity contribution in [3.8, 4) is 11.8 Å². The van der Waals surface area contributed by atoms with Crippen molar-refractivity contribution >= 4 is 33.1 Å². The molecule has 0 radical (unpaired) electrons. The first-order valence-corrected chi connectivity index (χ1v) is 10.5. The van der Waals surface area contributed by atoms with E-state index in [4.69, 9.17) is 4.74 Å². The van der Waals surface area contributed by atoms with Gasteiger partial charge in [-0.15, -0.1) is 11.3 Å². The number of carbonyl (C=O) groups excluding carboxylic acids is 1. The minimum Gasteiger partial charge on any atom is -0.494 e. The van der Waals surface area contributed by atoms with Crippen LogP contribution in [0, 0.1) is 17.2 Å². The summed E-state index contributed by atoms with van der Waals surface area (Å²) in [6, 6.07) is 10.2. The standard InChI is InChI=1S/C22H23N3O2S/c1-3-27-16-5-7-19-15(11-16)8-9-25(19)13-21(26)24-22-18(12-23)17-6-4-14(2)10-20(17)28-22/h5,7-9,11,14H,3-4,6,10,13H2,1-2H3,(H,24,26). The first-order chi connectivity index (χ1) is 13.6. The Labute approximate surface area is 168 Å². The number of hydrogen-bond donors (Lipinski definition) is 1. The maximum Gasteiger partial charge on any atom is 0.244 e. The van der Waals surface area contributed by atoms with Crippen molar-refractivity contribution in [1.82, 2.24) is 4.57 Å². The minimum atomic E-state index is -0.116. The number of amides is 1. The van der Waals surface area contributed by atoms with Crippen molar-refractivity contribution in [2.45, 2.75) is 39.7 Å². The summed E-state index contributed by atoms with van der Waals surface area (Å²) in [4.78, 5) is 13.9. The molecule has 0 spiro atoms. The van der Waals surface area contributed by atoms with Crippen LogP contribution in [0.2, 0.25) is 0 Å². The Hall–Kier alpha value is -2.78. The molecule has 0 bridgehead atoms. The van der Waals surface area contributed by atoms with E-state index in [0.29, 0.717) is 23.1 Å². The van der Waals surface area contributed by atoms with E-state index in [1.54, 1.807) is 11.3 Å². The molecule has 0 aliphatic heterocycles. The number of ether oxygens (including phenoxy) is 1. The minimum absolute atomic E-state index is 0.116. The summed E-state index contributed by atoms with van der Waals surface area (Å²) in [5.41, 5.74) is 2.77. The quantitative estimate of drug-likeness (QED) is 0.681. The average Bonchev–Trinajstić information content (AvgIpc) is 3.21. The van der Waals surface area contributed by atoms with Crippen LogP contribution in [0.15, 0.2) is 30.5 Å². The van der Waals surface area contributed by atoms with Gasteiger partial charge in [-0.2, -0.15) is 5.26 Å². The van der Waals surface area contributed by atoms with Gasteiger partial charge in [-0.1, -0.05) is 6.92 Å². The lowest BCUT2D eigenvalue weighted by atomic mass is 9.89. The Morgan fingerprint density at radius 1 is 1.43 bits per heavy atom. The van der Waals surface area contributed by atoms with Gasteiger partial charge >= 0.3 is 0 Å². The highest BCUT2D eigenvalue weighted by Crippen LogP contribution is 2.39. The molecule has 1 aliphatic carbocycles. The molecule has 2 aromatic heterocycles. The number of anilines is 1. The molecule has 1 atom stereocenters. The van der Waals surface area contributed by atoms with Crippen LogP contribution in [-0.2, 0) is 24.2 Å². The predicted octanol–water partition coefficient (Wildman–Crippen LogP) is 4.74. The summed E-state index contributed by atoms with van der Waals surface area (Å²) >= 11 is 1.56. The molecular formula is C22H23N3O2S. The fraction of sp³-hybridized carbons (Fsp3) is 0.364. The highest BCUT2D eigenvalue weighted by atomic mass is 32.1. The third-order valence-corrected chi connectivity index (χ3v) is 6.41. The number of thiophene rings is 1. The van der Waals surface area contributed by atoms with Crippen molar-refractivity contribution < 1.29 is 9.53 Å². The van der Waals surface area contributed by atoms with Gasteiger partial charge in [0.25, 0.3) is 0 Å². The van der Waals surface area contributed by atoms with Crippen LogP contribution in [0.3, 0.4) is 0 Å². The normalized spacial score (nSPS) is 15.8. The molecule has 0 saturated carbocycles. The van der Waals surface area contributed by atoms with Crippen LogP contribution in [0.1, 0.15) is 36.3 Å². The molecule has 0 fully saturated rings. The number of fused-ring (bicyclic) bond motifs is 2. The number of benzene rings is 1. The van der Waals surface area contributed by atoms with Gasteiger partial charge in [-0.05, 0) is 61.9 Å². The van der Waals surface area contributed by atoms with Gasteiger partial charge in [0.05, 0.1) is 12.2 Å². The van der Waals surface area contributed by atoms with Gasteiger partial charge in [0.1, 0.15) is 23.4 Å². The fourth-order valence-corrected chi connectivity index (χ4v) is 5.23.